The molecular weight excluding hydrogens is 889 g/mol. The van der Waals surface area contributed by atoms with Crippen LogP contribution in [0.1, 0.15) is 146 Å². The number of anilines is 2. The summed E-state index contributed by atoms with van der Waals surface area (Å²) in [4.78, 5) is 39.5. The van der Waals surface area contributed by atoms with Crippen LogP contribution in [0, 0.1) is 17.8 Å². The highest BCUT2D eigenvalue weighted by atomic mass is 16.6. The van der Waals surface area contributed by atoms with Gasteiger partial charge in [0.05, 0.1) is 17.8 Å². The van der Waals surface area contributed by atoms with Crippen LogP contribution >= 0.6 is 0 Å². The molecule has 0 spiro atoms. The van der Waals surface area contributed by atoms with Crippen molar-refractivity contribution in [1.82, 2.24) is 9.97 Å². The van der Waals surface area contributed by atoms with Crippen LogP contribution in [0.5, 0.6) is 17.2 Å². The maximum atomic E-state index is 15.2. The van der Waals surface area contributed by atoms with Gasteiger partial charge in [0, 0.05) is 65.4 Å². The number of nitrogens with one attached hydrogen (secondary N) is 1. The van der Waals surface area contributed by atoms with Crippen molar-refractivity contribution in [3.8, 4) is 17.2 Å². The minimum absolute atomic E-state index is 0.0185. The van der Waals surface area contributed by atoms with E-state index in [4.69, 9.17) is 29.6 Å². The van der Waals surface area contributed by atoms with Crippen molar-refractivity contribution in [2.75, 3.05) is 17.7 Å². The summed E-state index contributed by atoms with van der Waals surface area (Å²) in [5.41, 5.74) is 12.3. The number of carbonyl (C=O) groups excluding carboxylic acids is 1. The number of esters is 1. The Balaban J connectivity index is 1.18. The van der Waals surface area contributed by atoms with E-state index in [2.05, 4.69) is 12.2 Å². The van der Waals surface area contributed by atoms with Gasteiger partial charge in [-0.25, -0.2) is 14.8 Å². The van der Waals surface area contributed by atoms with Gasteiger partial charge in [0.2, 0.25) is 0 Å². The standard InChI is InChI=1S/C56H62N4O10/c1-26-6-10-30-5-4-17-56(30,67)48(26)54(66)69-43-22-39-49(65)46-42(64)21-32(24-61)68-51(46)47-44-37-16-18-58-52(57)45(37)35(13-9-28-8-11-31(63)20-38(28)40(44)25-62)34-15-14-33-29(19-41(34)55(43,3)70-50(39)47)23-59-53-36(33)12-7-27(2)60-53/h8,11,16,18,20-21,23,27,30,34-35,40-41,43-44,61-63,65,67H,4-7,9-10,12-15,17,19,22,24-25H2,1-3H3,(H2,57,58)(H,59,60). The van der Waals surface area contributed by atoms with Crippen molar-refractivity contribution in [2.24, 2.45) is 17.8 Å². The lowest BCUT2D eigenvalue weighted by Gasteiger charge is -2.52. The van der Waals surface area contributed by atoms with Crippen molar-refractivity contribution in [3.63, 3.8) is 0 Å². The van der Waals surface area contributed by atoms with Gasteiger partial charge in [0.15, 0.2) is 5.43 Å². The van der Waals surface area contributed by atoms with E-state index in [1.54, 1.807) is 18.3 Å². The van der Waals surface area contributed by atoms with E-state index in [9.17, 15) is 30.3 Å². The first kappa shape index (κ1) is 45.2. The van der Waals surface area contributed by atoms with Gasteiger partial charge >= 0.3 is 5.97 Å². The van der Waals surface area contributed by atoms with E-state index in [0.29, 0.717) is 61.0 Å². The largest absolute Gasteiger partial charge is 0.508 e. The SMILES string of the molecule is CC1=C(C(=O)OC2Cc3c4c(c5oc(CO)cc(=O)c5c3O)C3c5ccnc(N)c5C(CCc5ccc(O)cc5C3CO)C3CCc5c(cnc6c5CCC(C)N6)CC3C2(C)O4)C2(O)CCCC2CC1. The zero-order valence-corrected chi connectivity index (χ0v) is 40.0. The average molecular weight is 951 g/mol. The fraction of sp³-hybridized carbons (Fsp3) is 0.500. The minimum Gasteiger partial charge on any atom is -0.508 e. The summed E-state index contributed by atoms with van der Waals surface area (Å²) in [6.45, 7) is 5.05. The number of pyridine rings is 2. The Morgan fingerprint density at radius 2 is 1.77 bits per heavy atom. The molecule has 14 nitrogen and oxygen atoms in total. The second kappa shape index (κ2) is 16.6. The molecule has 10 unspecified atom stereocenters. The van der Waals surface area contributed by atoms with Gasteiger partial charge in [0.25, 0.3) is 0 Å². The van der Waals surface area contributed by atoms with Crippen LogP contribution in [0.4, 0.5) is 11.6 Å². The highest BCUT2D eigenvalue weighted by molar-refractivity contribution is 5.93. The van der Waals surface area contributed by atoms with Gasteiger partial charge in [0.1, 0.15) is 63.9 Å². The number of benzene rings is 2. The molecule has 4 aliphatic carbocycles. The lowest BCUT2D eigenvalue weighted by molar-refractivity contribution is -0.171. The molecule has 14 heteroatoms. The molecule has 3 aromatic heterocycles. The van der Waals surface area contributed by atoms with Crippen LogP contribution in [-0.4, -0.2) is 71.4 Å². The molecule has 5 aromatic rings. The lowest BCUT2D eigenvalue weighted by Crippen LogP contribution is -2.59. The van der Waals surface area contributed by atoms with Crippen LogP contribution in [-0.2, 0) is 48.2 Å². The Labute approximate surface area is 406 Å². The van der Waals surface area contributed by atoms with E-state index in [1.165, 1.54) is 11.1 Å². The summed E-state index contributed by atoms with van der Waals surface area (Å²) in [5.74, 6) is -2.25. The first-order valence-corrected chi connectivity index (χ1v) is 25.4. The average Bonchev–Trinajstić information content (AvgIpc) is 3.63. The first-order chi connectivity index (χ1) is 33.7. The van der Waals surface area contributed by atoms with Crippen LogP contribution < -0.4 is 21.2 Å². The summed E-state index contributed by atoms with van der Waals surface area (Å²) in [6, 6.07) is 8.63. The Hall–Kier alpha value is -5.96. The highest BCUT2D eigenvalue weighted by Gasteiger charge is 2.58. The molecule has 4 bridgehead atoms. The van der Waals surface area contributed by atoms with E-state index in [0.717, 1.165) is 78.2 Å². The number of ether oxygens (including phenoxy) is 2. The molecule has 366 valence electrons. The molecule has 0 radical (unpaired) electrons. The number of aromatic nitrogens is 2. The molecule has 70 heavy (non-hydrogen) atoms. The van der Waals surface area contributed by atoms with E-state index in [-0.39, 0.29) is 64.0 Å². The third-order valence-electron chi connectivity index (χ3n) is 18.2. The van der Waals surface area contributed by atoms with Crippen LogP contribution in [0.3, 0.4) is 0 Å². The Morgan fingerprint density at radius 1 is 0.943 bits per heavy atom. The minimum atomic E-state index is -1.37. The molecule has 8 N–H and O–H groups in total. The Morgan fingerprint density at radius 3 is 2.59 bits per heavy atom. The normalized spacial score (nSPS) is 30.7. The third-order valence-corrected chi connectivity index (χ3v) is 18.2. The molecule has 0 amide bonds. The number of phenolic OH excluding ortho intramolecular Hbond substituents is 2. The number of carbonyl (C=O) groups is 1. The number of phenols is 2. The van der Waals surface area contributed by atoms with Gasteiger partial charge in [-0.1, -0.05) is 11.6 Å². The van der Waals surface area contributed by atoms with Gasteiger partial charge in [-0.05, 0) is 167 Å². The topological polar surface area (TPSA) is 231 Å². The molecule has 7 aliphatic rings. The predicted octanol–water partition coefficient (Wildman–Crippen LogP) is 7.43. The second-order valence-electron chi connectivity index (χ2n) is 21.8. The fourth-order valence-electron chi connectivity index (χ4n) is 14.9. The molecule has 2 aromatic carbocycles. The summed E-state index contributed by atoms with van der Waals surface area (Å²) < 4.78 is 21.3. The summed E-state index contributed by atoms with van der Waals surface area (Å²) in [7, 11) is 0. The molecule has 0 saturated heterocycles. The number of aliphatic hydroxyl groups excluding tert-OH is 2. The number of hydrogen-bond acceptors (Lipinski definition) is 14. The number of rotatable bonds is 4. The Bertz CT molecular complexity index is 3110. The van der Waals surface area contributed by atoms with Crippen molar-refractivity contribution in [3.05, 3.63) is 120 Å². The second-order valence-corrected chi connectivity index (χ2v) is 21.8. The number of aryl methyl sites for hydroxylation is 1. The fourth-order valence-corrected chi connectivity index (χ4v) is 14.9. The number of aliphatic hydroxyl groups is 3. The summed E-state index contributed by atoms with van der Waals surface area (Å²) >= 11 is 0. The molecule has 1 fully saturated rings. The Kier molecular flexibility index (Phi) is 10.7. The number of aromatic hydroxyl groups is 2. The number of hydrogen-bond donors (Lipinski definition) is 7. The summed E-state index contributed by atoms with van der Waals surface area (Å²) in [6.07, 6.45) is 10.9. The van der Waals surface area contributed by atoms with Gasteiger partial charge in [-0.15, -0.1) is 0 Å². The van der Waals surface area contributed by atoms with E-state index in [1.807, 2.05) is 32.2 Å². The quantitative estimate of drug-likeness (QED) is 0.0869. The zero-order chi connectivity index (χ0) is 48.5. The van der Waals surface area contributed by atoms with Crippen molar-refractivity contribution in [2.45, 2.75) is 152 Å². The maximum absolute atomic E-state index is 15.2. The van der Waals surface area contributed by atoms with Crippen LogP contribution in [0.25, 0.3) is 11.0 Å². The van der Waals surface area contributed by atoms with E-state index < -0.39 is 65.4 Å². The third kappa shape index (κ3) is 6.68. The van der Waals surface area contributed by atoms with Gasteiger partial charge in [-0.3, -0.25) is 4.79 Å². The van der Waals surface area contributed by atoms with Gasteiger partial charge in [-0.2, -0.15) is 0 Å². The number of nitrogens with two attached hydrogens (primary N) is 1. The predicted molar refractivity (Wildman–Crippen MR) is 261 cm³/mol. The number of allylic oxidation sites excluding steroid dienone is 1. The molecule has 3 aliphatic heterocycles. The monoisotopic (exact) mass is 950 g/mol. The zero-order valence-electron chi connectivity index (χ0n) is 40.0. The van der Waals surface area contributed by atoms with Crippen LogP contribution in [0.15, 0.2) is 63.1 Å². The van der Waals surface area contributed by atoms with E-state index >= 15 is 4.79 Å². The molecular formula is C56H62N4O10. The number of nitrogen functional groups attached to an aromatic ring is 1. The molecule has 12 rings (SSSR count). The van der Waals surface area contributed by atoms with Crippen molar-refractivity contribution < 1.29 is 44.2 Å². The number of fused-ring (bicyclic) bond motifs is 12. The summed E-state index contributed by atoms with van der Waals surface area (Å²) in [5, 5.41) is 62.2. The van der Waals surface area contributed by atoms with Crippen molar-refractivity contribution in [1.29, 1.82) is 0 Å². The van der Waals surface area contributed by atoms with Crippen molar-refractivity contribution >= 4 is 28.6 Å². The highest BCUT2D eigenvalue weighted by Crippen LogP contribution is 2.61. The number of nitrogens with zero attached hydrogens (tertiary/aromatic N) is 2. The molecule has 1 saturated carbocycles. The maximum Gasteiger partial charge on any atom is 0.337 e. The first-order valence-electron chi connectivity index (χ1n) is 25.4. The van der Waals surface area contributed by atoms with Crippen LogP contribution in [0.2, 0.25) is 0 Å². The molecule has 10 atom stereocenters. The smallest absolute Gasteiger partial charge is 0.337 e. The van der Waals surface area contributed by atoms with Gasteiger partial charge < -0.3 is 50.5 Å². The molecule has 6 heterocycles. The lowest BCUT2D eigenvalue weighted by atomic mass is 9.62.